The van der Waals surface area contributed by atoms with Gasteiger partial charge in [0.1, 0.15) is 5.82 Å². The van der Waals surface area contributed by atoms with Crippen molar-refractivity contribution in [2.75, 3.05) is 38.5 Å². The third kappa shape index (κ3) is 3.71. The summed E-state index contributed by atoms with van der Waals surface area (Å²) in [6.45, 7) is 4.74. The fourth-order valence-electron chi connectivity index (χ4n) is 4.57. The first-order valence-electron chi connectivity index (χ1n) is 10.5. The van der Waals surface area contributed by atoms with Gasteiger partial charge >= 0.3 is 6.03 Å². The van der Waals surface area contributed by atoms with E-state index in [2.05, 4.69) is 22.2 Å². The van der Waals surface area contributed by atoms with Crippen molar-refractivity contribution in [3.63, 3.8) is 0 Å². The highest BCUT2D eigenvalue weighted by molar-refractivity contribution is 6.31. The molecule has 164 valence electrons. The number of imide groups is 1. The summed E-state index contributed by atoms with van der Waals surface area (Å²) >= 11 is 5.80. The quantitative estimate of drug-likeness (QED) is 0.767. The lowest BCUT2D eigenvalue weighted by Gasteiger charge is -2.38. The number of carbonyl (C=O) groups excluding carboxylic acids is 2. The monoisotopic (exact) mass is 446 g/mol. The van der Waals surface area contributed by atoms with Crippen molar-refractivity contribution in [3.05, 3.63) is 46.0 Å². The van der Waals surface area contributed by atoms with E-state index < -0.39 is 11.8 Å². The second-order valence-electron chi connectivity index (χ2n) is 8.46. The number of fused-ring (bicyclic) bond motifs is 3. The summed E-state index contributed by atoms with van der Waals surface area (Å²) in [6.07, 6.45) is 1.74. The maximum absolute atomic E-state index is 13.4. The van der Waals surface area contributed by atoms with Crippen LogP contribution in [0.5, 0.6) is 0 Å². The standard InChI is InChI=1S/C21H24ClFN6O2/c1-26-10-14(27-6-2-7-27)11-29-18(12-26)19-17(25-29)5-8-28(20(19)30)21(31)24-13-3-4-16(23)15(22)9-13/h3-4,9,14H,2,5-8,10-12H2,1H3,(H,24,31). The number of benzene rings is 1. The minimum atomic E-state index is -0.568. The minimum Gasteiger partial charge on any atom is -0.307 e. The maximum Gasteiger partial charge on any atom is 0.328 e. The van der Waals surface area contributed by atoms with Gasteiger partial charge in [0, 0.05) is 37.8 Å². The number of nitrogens with one attached hydrogen (secondary N) is 1. The lowest BCUT2D eigenvalue weighted by molar-refractivity contribution is 0.0793. The predicted octanol–water partition coefficient (Wildman–Crippen LogP) is 2.43. The smallest absolute Gasteiger partial charge is 0.307 e. The molecule has 1 atom stereocenters. The zero-order chi connectivity index (χ0) is 21.7. The van der Waals surface area contributed by atoms with Crippen LogP contribution in [0.4, 0.5) is 14.9 Å². The molecule has 0 radical (unpaired) electrons. The molecule has 1 N–H and O–H groups in total. The lowest BCUT2D eigenvalue weighted by atomic mass is 10.0. The van der Waals surface area contributed by atoms with Crippen LogP contribution in [0.1, 0.15) is 28.2 Å². The molecule has 1 aromatic carbocycles. The molecular weight excluding hydrogens is 423 g/mol. The fourth-order valence-corrected chi connectivity index (χ4v) is 4.75. The largest absolute Gasteiger partial charge is 0.328 e. The second-order valence-corrected chi connectivity index (χ2v) is 8.86. The normalized spacial score (nSPS) is 21.8. The highest BCUT2D eigenvalue weighted by atomic mass is 35.5. The molecule has 3 aliphatic rings. The van der Waals surface area contributed by atoms with E-state index in [9.17, 15) is 14.0 Å². The minimum absolute atomic E-state index is 0.0909. The van der Waals surface area contributed by atoms with Crippen molar-refractivity contribution in [3.8, 4) is 0 Å². The highest BCUT2D eigenvalue weighted by Gasteiger charge is 2.37. The molecule has 0 aliphatic carbocycles. The van der Waals surface area contributed by atoms with Gasteiger partial charge in [-0.05, 0) is 44.8 Å². The molecule has 3 aliphatic heterocycles. The van der Waals surface area contributed by atoms with Crippen molar-refractivity contribution in [1.29, 1.82) is 0 Å². The number of nitrogens with zero attached hydrogens (tertiary/aromatic N) is 5. The van der Waals surface area contributed by atoms with E-state index in [0.717, 1.165) is 37.6 Å². The van der Waals surface area contributed by atoms with E-state index in [0.29, 0.717) is 30.3 Å². The highest BCUT2D eigenvalue weighted by Crippen LogP contribution is 2.28. The van der Waals surface area contributed by atoms with Crippen molar-refractivity contribution in [2.45, 2.75) is 32.0 Å². The van der Waals surface area contributed by atoms with Gasteiger partial charge in [-0.15, -0.1) is 0 Å². The van der Waals surface area contributed by atoms with Crippen molar-refractivity contribution in [1.82, 2.24) is 24.5 Å². The van der Waals surface area contributed by atoms with Crippen LogP contribution in [0.25, 0.3) is 0 Å². The molecule has 10 heteroatoms. The van der Waals surface area contributed by atoms with Gasteiger partial charge in [-0.1, -0.05) is 11.6 Å². The Kier molecular flexibility index (Phi) is 5.19. The van der Waals surface area contributed by atoms with E-state index in [1.165, 1.54) is 29.5 Å². The van der Waals surface area contributed by atoms with Gasteiger partial charge in [-0.25, -0.2) is 9.18 Å². The lowest BCUT2D eigenvalue weighted by Crippen LogP contribution is -2.50. The Morgan fingerprint density at radius 2 is 2.06 bits per heavy atom. The third-order valence-corrected chi connectivity index (χ3v) is 6.60. The average molecular weight is 447 g/mol. The zero-order valence-electron chi connectivity index (χ0n) is 17.3. The van der Waals surface area contributed by atoms with Crippen LogP contribution in [0.3, 0.4) is 0 Å². The predicted molar refractivity (Wildman–Crippen MR) is 114 cm³/mol. The Bertz CT molecular complexity index is 1050. The molecular formula is C21H24ClFN6O2. The van der Waals surface area contributed by atoms with Crippen LogP contribution in [0.15, 0.2) is 18.2 Å². The maximum atomic E-state index is 13.4. The van der Waals surface area contributed by atoms with Gasteiger partial charge in [-0.2, -0.15) is 5.10 Å². The Morgan fingerprint density at radius 3 is 2.77 bits per heavy atom. The summed E-state index contributed by atoms with van der Waals surface area (Å²) in [6, 6.07) is 3.73. The number of carbonyl (C=O) groups is 2. The zero-order valence-corrected chi connectivity index (χ0v) is 18.0. The Balaban J connectivity index is 1.38. The van der Waals surface area contributed by atoms with Gasteiger partial charge in [0.2, 0.25) is 0 Å². The van der Waals surface area contributed by atoms with E-state index in [-0.39, 0.29) is 17.5 Å². The topological polar surface area (TPSA) is 73.7 Å². The summed E-state index contributed by atoms with van der Waals surface area (Å²) in [4.78, 5) is 32.0. The average Bonchev–Trinajstić information content (AvgIpc) is 2.93. The van der Waals surface area contributed by atoms with Crippen LogP contribution >= 0.6 is 11.6 Å². The molecule has 2 aromatic rings. The van der Waals surface area contributed by atoms with Gasteiger partial charge in [0.05, 0.1) is 28.5 Å². The van der Waals surface area contributed by atoms with Gasteiger partial charge < -0.3 is 5.32 Å². The van der Waals surface area contributed by atoms with Gasteiger partial charge in [-0.3, -0.25) is 24.2 Å². The summed E-state index contributed by atoms with van der Waals surface area (Å²) in [5.41, 5.74) is 2.50. The van der Waals surface area contributed by atoms with Crippen LogP contribution < -0.4 is 5.32 Å². The Morgan fingerprint density at radius 1 is 1.26 bits per heavy atom. The van der Waals surface area contributed by atoms with Crippen molar-refractivity contribution < 1.29 is 14.0 Å². The first-order chi connectivity index (χ1) is 14.9. The molecule has 1 fully saturated rings. The number of hydrogen-bond donors (Lipinski definition) is 1. The first kappa shape index (κ1) is 20.4. The second kappa shape index (κ2) is 7.89. The SMILES string of the molecule is CN1Cc2c3c(nn2CC(N2CCC2)C1)CCN(C(=O)Nc1ccc(F)c(Cl)c1)C3=O. The number of halogens is 2. The number of urea groups is 1. The Labute approximate surface area is 184 Å². The van der Waals surface area contributed by atoms with Gasteiger partial charge in [0.25, 0.3) is 5.91 Å². The summed E-state index contributed by atoms with van der Waals surface area (Å²) < 4.78 is 15.4. The molecule has 1 aromatic heterocycles. The summed E-state index contributed by atoms with van der Waals surface area (Å²) in [7, 11) is 2.05. The molecule has 1 unspecified atom stereocenters. The molecule has 0 bridgehead atoms. The van der Waals surface area contributed by atoms with E-state index >= 15 is 0 Å². The van der Waals surface area contributed by atoms with E-state index in [1.807, 2.05) is 4.68 Å². The van der Waals surface area contributed by atoms with Crippen LogP contribution in [0.2, 0.25) is 5.02 Å². The number of anilines is 1. The van der Waals surface area contributed by atoms with E-state index in [1.54, 1.807) is 0 Å². The third-order valence-electron chi connectivity index (χ3n) is 6.31. The summed E-state index contributed by atoms with van der Waals surface area (Å²) in [5.74, 6) is -0.911. The Hall–Kier alpha value is -2.49. The molecule has 31 heavy (non-hydrogen) atoms. The number of likely N-dealkylation sites (tertiary alicyclic amines) is 1. The van der Waals surface area contributed by atoms with Crippen LogP contribution in [0, 0.1) is 5.82 Å². The van der Waals surface area contributed by atoms with Crippen LogP contribution in [-0.2, 0) is 19.5 Å². The molecule has 4 heterocycles. The number of hydrogen-bond acceptors (Lipinski definition) is 5. The molecule has 0 saturated carbocycles. The summed E-state index contributed by atoms with van der Waals surface area (Å²) in [5, 5.41) is 7.30. The number of rotatable bonds is 2. The molecule has 5 rings (SSSR count). The number of amides is 3. The van der Waals surface area contributed by atoms with Crippen molar-refractivity contribution >= 4 is 29.2 Å². The van der Waals surface area contributed by atoms with Crippen molar-refractivity contribution in [2.24, 2.45) is 0 Å². The first-order valence-corrected chi connectivity index (χ1v) is 10.9. The van der Waals surface area contributed by atoms with E-state index in [4.69, 9.17) is 16.7 Å². The van der Waals surface area contributed by atoms with Gasteiger partial charge in [0.15, 0.2) is 0 Å². The number of likely N-dealkylation sites (N-methyl/N-ethyl adjacent to an activating group) is 1. The van der Waals surface area contributed by atoms with Crippen LogP contribution in [-0.4, -0.2) is 75.7 Å². The molecule has 1 saturated heterocycles. The molecule has 0 spiro atoms. The molecule has 8 nitrogen and oxygen atoms in total. The molecule has 3 amide bonds. The number of aromatic nitrogens is 2. The fraction of sp³-hybridized carbons (Fsp3) is 0.476.